The quantitative estimate of drug-likeness (QED) is 0.715. The van der Waals surface area contributed by atoms with Crippen molar-refractivity contribution in [3.05, 3.63) is 65.7 Å². The molecule has 30 heavy (non-hydrogen) atoms. The van der Waals surface area contributed by atoms with Crippen molar-refractivity contribution in [2.45, 2.75) is 19.3 Å². The van der Waals surface area contributed by atoms with E-state index in [1.165, 1.54) is 0 Å². The minimum atomic E-state index is 0.0475. The van der Waals surface area contributed by atoms with Crippen molar-refractivity contribution in [2.75, 3.05) is 36.4 Å². The number of anilines is 2. The summed E-state index contributed by atoms with van der Waals surface area (Å²) >= 11 is 0. The number of piperazine rings is 1. The highest BCUT2D eigenvalue weighted by Gasteiger charge is 2.24. The summed E-state index contributed by atoms with van der Waals surface area (Å²) in [6.45, 7) is 2.86. The van der Waals surface area contributed by atoms with E-state index in [0.29, 0.717) is 25.1 Å². The summed E-state index contributed by atoms with van der Waals surface area (Å²) in [7, 11) is 0. The molecular weight excluding hydrogens is 376 g/mol. The van der Waals surface area contributed by atoms with Gasteiger partial charge in [-0.05, 0) is 54.8 Å². The lowest BCUT2D eigenvalue weighted by Gasteiger charge is -2.35. The highest BCUT2D eigenvalue weighted by atomic mass is 16.2. The number of para-hydroxylation sites is 1. The maximum absolute atomic E-state index is 13.1. The van der Waals surface area contributed by atoms with E-state index in [1.54, 1.807) is 0 Å². The summed E-state index contributed by atoms with van der Waals surface area (Å²) in [5.41, 5.74) is 3.57. The number of amides is 2. The first kappa shape index (κ1) is 18.6. The molecular formula is C24H24N4O2. The highest BCUT2D eigenvalue weighted by molar-refractivity contribution is 5.97. The van der Waals surface area contributed by atoms with Crippen LogP contribution in [0.2, 0.25) is 0 Å². The molecule has 0 saturated carbocycles. The van der Waals surface area contributed by atoms with Gasteiger partial charge in [0.2, 0.25) is 5.91 Å². The summed E-state index contributed by atoms with van der Waals surface area (Å²) in [6, 6.07) is 17.9. The average Bonchev–Trinajstić information content (AvgIpc) is 2.98. The molecule has 152 valence electrons. The normalized spacial score (nSPS) is 16.7. The Kier molecular flexibility index (Phi) is 4.83. The number of benzene rings is 2. The van der Waals surface area contributed by atoms with E-state index in [2.05, 4.69) is 28.4 Å². The van der Waals surface area contributed by atoms with Gasteiger partial charge in [0.15, 0.2) is 0 Å². The fraction of sp³-hybridized carbons (Fsp3) is 0.292. The number of pyridine rings is 1. The van der Waals surface area contributed by atoms with Crippen LogP contribution in [0.4, 0.5) is 11.5 Å². The Bertz CT molecular complexity index is 1120. The van der Waals surface area contributed by atoms with E-state index in [1.807, 2.05) is 41.3 Å². The first-order valence-electron chi connectivity index (χ1n) is 10.5. The molecule has 0 unspecified atom stereocenters. The van der Waals surface area contributed by atoms with Gasteiger partial charge in [0.05, 0.1) is 5.52 Å². The lowest BCUT2D eigenvalue weighted by molar-refractivity contribution is -0.116. The van der Waals surface area contributed by atoms with Gasteiger partial charge in [-0.1, -0.05) is 18.2 Å². The van der Waals surface area contributed by atoms with Crippen LogP contribution < -0.4 is 10.2 Å². The number of fused-ring (bicyclic) bond motifs is 2. The molecule has 0 bridgehead atoms. The van der Waals surface area contributed by atoms with Gasteiger partial charge in [-0.25, -0.2) is 4.98 Å². The van der Waals surface area contributed by atoms with Gasteiger partial charge in [0, 0.05) is 49.2 Å². The topological polar surface area (TPSA) is 65.5 Å². The average molecular weight is 400 g/mol. The predicted octanol–water partition coefficient (Wildman–Crippen LogP) is 3.47. The second-order valence-electron chi connectivity index (χ2n) is 7.92. The molecule has 3 heterocycles. The molecule has 0 atom stereocenters. The molecule has 1 aromatic heterocycles. The van der Waals surface area contributed by atoms with Crippen LogP contribution in [0, 0.1) is 0 Å². The smallest absolute Gasteiger partial charge is 0.253 e. The first-order valence-corrected chi connectivity index (χ1v) is 10.5. The maximum atomic E-state index is 13.1. The molecule has 1 N–H and O–H groups in total. The molecule has 5 rings (SSSR count). The van der Waals surface area contributed by atoms with E-state index in [9.17, 15) is 9.59 Å². The number of nitrogens with zero attached hydrogens (tertiary/aromatic N) is 3. The van der Waals surface area contributed by atoms with Crippen molar-refractivity contribution >= 4 is 34.2 Å². The number of hydrogen-bond donors (Lipinski definition) is 1. The van der Waals surface area contributed by atoms with Crippen LogP contribution in [-0.2, 0) is 11.2 Å². The maximum Gasteiger partial charge on any atom is 0.253 e. The fourth-order valence-electron chi connectivity index (χ4n) is 4.26. The Labute approximate surface area is 175 Å². The van der Waals surface area contributed by atoms with Gasteiger partial charge < -0.3 is 15.1 Å². The molecule has 2 amide bonds. The second kappa shape index (κ2) is 7.78. The van der Waals surface area contributed by atoms with E-state index in [0.717, 1.165) is 53.9 Å². The van der Waals surface area contributed by atoms with Crippen LogP contribution in [0.3, 0.4) is 0 Å². The van der Waals surface area contributed by atoms with Crippen molar-refractivity contribution in [2.24, 2.45) is 0 Å². The standard InChI is InChI=1S/C24H24N4O2/c29-23-7-3-5-18-16-19(8-10-21(18)26-23)24(30)28-14-12-27(13-15-28)22-11-9-17-4-1-2-6-20(17)25-22/h1-2,4,6,8-11,16H,3,5,7,12-15H2,(H,26,29). The second-order valence-corrected chi connectivity index (χ2v) is 7.92. The summed E-state index contributed by atoms with van der Waals surface area (Å²) < 4.78 is 0. The number of rotatable bonds is 2. The van der Waals surface area contributed by atoms with Crippen LogP contribution in [0.1, 0.15) is 28.8 Å². The van der Waals surface area contributed by atoms with Gasteiger partial charge in [-0.15, -0.1) is 0 Å². The van der Waals surface area contributed by atoms with Gasteiger partial charge in [0.1, 0.15) is 5.82 Å². The van der Waals surface area contributed by atoms with Crippen LogP contribution in [0.15, 0.2) is 54.6 Å². The molecule has 1 fully saturated rings. The minimum Gasteiger partial charge on any atom is -0.353 e. The Morgan fingerprint density at radius 1 is 0.933 bits per heavy atom. The number of carbonyl (C=O) groups is 2. The van der Waals surface area contributed by atoms with Crippen molar-refractivity contribution in [3.63, 3.8) is 0 Å². The van der Waals surface area contributed by atoms with Crippen molar-refractivity contribution in [3.8, 4) is 0 Å². The Hall–Kier alpha value is -3.41. The van der Waals surface area contributed by atoms with Crippen LogP contribution in [0.25, 0.3) is 10.9 Å². The number of aryl methyl sites for hydroxylation is 1. The van der Waals surface area contributed by atoms with E-state index >= 15 is 0 Å². The Balaban J connectivity index is 1.27. The van der Waals surface area contributed by atoms with Crippen LogP contribution in [0.5, 0.6) is 0 Å². The lowest BCUT2D eigenvalue weighted by Crippen LogP contribution is -2.49. The van der Waals surface area contributed by atoms with Crippen molar-refractivity contribution in [1.29, 1.82) is 0 Å². The van der Waals surface area contributed by atoms with Gasteiger partial charge in [0.25, 0.3) is 5.91 Å². The zero-order valence-corrected chi connectivity index (χ0v) is 16.8. The summed E-state index contributed by atoms with van der Waals surface area (Å²) in [5, 5.41) is 4.06. The number of nitrogens with one attached hydrogen (secondary N) is 1. The van der Waals surface area contributed by atoms with E-state index in [4.69, 9.17) is 4.98 Å². The summed E-state index contributed by atoms with van der Waals surface area (Å²) in [6.07, 6.45) is 2.16. The van der Waals surface area contributed by atoms with Crippen LogP contribution >= 0.6 is 0 Å². The van der Waals surface area contributed by atoms with Crippen molar-refractivity contribution < 1.29 is 9.59 Å². The number of aromatic nitrogens is 1. The summed E-state index contributed by atoms with van der Waals surface area (Å²) in [5.74, 6) is 1.06. The third-order valence-corrected chi connectivity index (χ3v) is 5.95. The zero-order valence-electron chi connectivity index (χ0n) is 16.8. The Morgan fingerprint density at radius 3 is 2.63 bits per heavy atom. The van der Waals surface area contributed by atoms with E-state index in [-0.39, 0.29) is 11.8 Å². The first-order chi connectivity index (χ1) is 14.7. The molecule has 2 aliphatic rings. The van der Waals surface area contributed by atoms with E-state index < -0.39 is 0 Å². The zero-order chi connectivity index (χ0) is 20.5. The molecule has 0 spiro atoms. The largest absolute Gasteiger partial charge is 0.353 e. The molecule has 2 aliphatic heterocycles. The molecule has 1 saturated heterocycles. The predicted molar refractivity (Wildman–Crippen MR) is 118 cm³/mol. The third-order valence-electron chi connectivity index (χ3n) is 5.95. The van der Waals surface area contributed by atoms with Crippen molar-refractivity contribution in [1.82, 2.24) is 9.88 Å². The summed E-state index contributed by atoms with van der Waals surface area (Å²) in [4.78, 5) is 33.7. The molecule has 6 nitrogen and oxygen atoms in total. The molecule has 6 heteroatoms. The van der Waals surface area contributed by atoms with Gasteiger partial charge in [-0.3, -0.25) is 9.59 Å². The molecule has 2 aromatic carbocycles. The molecule has 3 aromatic rings. The third kappa shape index (κ3) is 3.61. The highest BCUT2D eigenvalue weighted by Crippen LogP contribution is 2.25. The Morgan fingerprint density at radius 2 is 1.77 bits per heavy atom. The lowest BCUT2D eigenvalue weighted by atomic mass is 10.0. The van der Waals surface area contributed by atoms with Crippen LogP contribution in [-0.4, -0.2) is 47.9 Å². The minimum absolute atomic E-state index is 0.0475. The monoisotopic (exact) mass is 400 g/mol. The fourth-order valence-corrected chi connectivity index (χ4v) is 4.26. The molecule has 0 aliphatic carbocycles. The number of carbonyl (C=O) groups excluding carboxylic acids is 2. The van der Waals surface area contributed by atoms with Gasteiger partial charge in [-0.2, -0.15) is 0 Å². The SMILES string of the molecule is O=C1CCCc2cc(C(=O)N3CCN(c4ccc5ccccc5n4)CC3)ccc2N1. The molecule has 0 radical (unpaired) electrons. The number of hydrogen-bond acceptors (Lipinski definition) is 4. The van der Waals surface area contributed by atoms with Gasteiger partial charge >= 0.3 is 0 Å².